The summed E-state index contributed by atoms with van der Waals surface area (Å²) in [6.07, 6.45) is 5.61. The van der Waals surface area contributed by atoms with E-state index in [-0.39, 0.29) is 5.41 Å². The van der Waals surface area contributed by atoms with Crippen molar-refractivity contribution < 1.29 is 4.74 Å². The van der Waals surface area contributed by atoms with E-state index in [1.807, 2.05) is 24.5 Å². The van der Waals surface area contributed by atoms with E-state index >= 15 is 0 Å². The number of anilines is 1. The maximum absolute atomic E-state index is 6.65. The number of hydrogen-bond donors (Lipinski definition) is 0. The highest BCUT2D eigenvalue weighted by Crippen LogP contribution is 2.53. The van der Waals surface area contributed by atoms with Crippen molar-refractivity contribution >= 4 is 28.4 Å². The minimum Gasteiger partial charge on any atom is -0.459 e. The molecule has 1 atom stereocenters. The summed E-state index contributed by atoms with van der Waals surface area (Å²) in [5.41, 5.74) is 2.44. The van der Waals surface area contributed by atoms with Gasteiger partial charge in [-0.2, -0.15) is 0 Å². The quantitative estimate of drug-likeness (QED) is 0.611. The van der Waals surface area contributed by atoms with E-state index in [1.54, 1.807) is 6.20 Å². The second-order valence-electron chi connectivity index (χ2n) is 7.27. The summed E-state index contributed by atoms with van der Waals surface area (Å²) in [4.78, 5) is 11.3. The third-order valence-corrected chi connectivity index (χ3v) is 5.72. The monoisotopic (exact) mass is 329 g/mol. The molecule has 2 aromatic carbocycles. The van der Waals surface area contributed by atoms with Crippen molar-refractivity contribution in [2.45, 2.75) is 25.0 Å². The van der Waals surface area contributed by atoms with Crippen LogP contribution in [0.5, 0.6) is 5.75 Å². The molecule has 0 unspecified atom stereocenters. The summed E-state index contributed by atoms with van der Waals surface area (Å²) >= 11 is 0. The molecule has 3 aromatic rings. The summed E-state index contributed by atoms with van der Waals surface area (Å²) in [5.74, 6) is 0.802. The Kier molecular flexibility index (Phi) is 2.66. The molecular weight excluding hydrogens is 310 g/mol. The molecule has 25 heavy (non-hydrogen) atoms. The third kappa shape index (κ3) is 1.66. The van der Waals surface area contributed by atoms with Gasteiger partial charge in [-0.05, 0) is 43.0 Å². The van der Waals surface area contributed by atoms with Gasteiger partial charge in [0.15, 0.2) is 0 Å². The zero-order chi connectivity index (χ0) is 17.2. The molecule has 3 heterocycles. The van der Waals surface area contributed by atoms with E-state index in [0.29, 0.717) is 0 Å². The third-order valence-electron chi connectivity index (χ3n) is 5.72. The highest BCUT2D eigenvalue weighted by Gasteiger charge is 2.58. The van der Waals surface area contributed by atoms with Crippen LogP contribution in [0.4, 0.5) is 11.4 Å². The lowest BCUT2D eigenvalue weighted by atomic mass is 9.77. The van der Waals surface area contributed by atoms with Crippen molar-refractivity contribution in [2.75, 3.05) is 11.9 Å². The molecule has 4 heteroatoms. The Bertz CT molecular complexity index is 1040. The zero-order valence-electron chi connectivity index (χ0n) is 14.5. The highest BCUT2D eigenvalue weighted by atomic mass is 16.5. The molecule has 0 fully saturated rings. The van der Waals surface area contributed by atoms with Crippen LogP contribution in [0, 0.1) is 0 Å². The van der Waals surface area contributed by atoms with Crippen LogP contribution in [-0.4, -0.2) is 24.0 Å². The van der Waals surface area contributed by atoms with E-state index < -0.39 is 5.72 Å². The number of benzene rings is 2. The molecule has 5 rings (SSSR count). The minimum atomic E-state index is -0.639. The standard InChI is InChI=1S/C21H19N3O/c1-20(2)16-6-4-5-7-17(16)24(3)21(20)13-23-19-15-12-22-11-10-14(15)8-9-18(19)25-21/h4-13H,1-3H3/t21-/m1/s1. The fourth-order valence-electron chi connectivity index (χ4n) is 4.22. The molecular formula is C21H19N3O. The average molecular weight is 329 g/mol. The largest absolute Gasteiger partial charge is 0.459 e. The summed E-state index contributed by atoms with van der Waals surface area (Å²) in [6, 6.07) is 14.6. The fourth-order valence-corrected chi connectivity index (χ4v) is 4.22. The summed E-state index contributed by atoms with van der Waals surface area (Å²) < 4.78 is 6.65. The molecule has 0 bridgehead atoms. The maximum atomic E-state index is 6.65. The van der Waals surface area contributed by atoms with Gasteiger partial charge in [0.1, 0.15) is 11.4 Å². The molecule has 2 aliphatic heterocycles. The molecule has 4 nitrogen and oxygen atoms in total. The van der Waals surface area contributed by atoms with Crippen LogP contribution in [0.25, 0.3) is 10.8 Å². The van der Waals surface area contributed by atoms with Gasteiger partial charge in [-0.3, -0.25) is 9.98 Å². The molecule has 0 radical (unpaired) electrons. The first-order valence-corrected chi connectivity index (χ1v) is 8.49. The fraction of sp³-hybridized carbons (Fsp3) is 0.238. The molecule has 124 valence electrons. The van der Waals surface area contributed by atoms with Crippen molar-refractivity contribution in [3.8, 4) is 5.75 Å². The lowest BCUT2D eigenvalue weighted by molar-refractivity contribution is 0.0826. The number of para-hydroxylation sites is 1. The normalized spacial score (nSPS) is 22.8. The van der Waals surface area contributed by atoms with Crippen LogP contribution in [0.2, 0.25) is 0 Å². The zero-order valence-corrected chi connectivity index (χ0v) is 14.5. The van der Waals surface area contributed by atoms with Gasteiger partial charge in [-0.25, -0.2) is 0 Å². The van der Waals surface area contributed by atoms with E-state index in [9.17, 15) is 0 Å². The first kappa shape index (κ1) is 14.5. The molecule has 1 aromatic heterocycles. The second-order valence-corrected chi connectivity index (χ2v) is 7.27. The van der Waals surface area contributed by atoms with Crippen molar-refractivity contribution in [3.63, 3.8) is 0 Å². The first-order valence-electron chi connectivity index (χ1n) is 8.49. The van der Waals surface area contributed by atoms with Crippen LogP contribution in [0.3, 0.4) is 0 Å². The number of likely N-dealkylation sites (N-methyl/N-ethyl adjacent to an activating group) is 1. The predicted molar refractivity (Wildman–Crippen MR) is 101 cm³/mol. The number of hydrogen-bond acceptors (Lipinski definition) is 4. The van der Waals surface area contributed by atoms with E-state index in [0.717, 1.165) is 22.2 Å². The van der Waals surface area contributed by atoms with Crippen molar-refractivity contribution in [1.29, 1.82) is 0 Å². The Balaban J connectivity index is 1.72. The van der Waals surface area contributed by atoms with Gasteiger partial charge in [-0.15, -0.1) is 0 Å². The van der Waals surface area contributed by atoms with Crippen molar-refractivity contribution in [3.05, 3.63) is 60.4 Å². The number of pyridine rings is 1. The maximum Gasteiger partial charge on any atom is 0.228 e. The van der Waals surface area contributed by atoms with Crippen molar-refractivity contribution in [2.24, 2.45) is 4.99 Å². The predicted octanol–water partition coefficient (Wildman–Crippen LogP) is 4.45. The number of fused-ring (bicyclic) bond motifs is 4. The minimum absolute atomic E-state index is 0.233. The Morgan fingerprint density at radius 3 is 2.72 bits per heavy atom. The average Bonchev–Trinajstić information content (AvgIpc) is 2.81. The molecule has 0 amide bonds. The van der Waals surface area contributed by atoms with Crippen molar-refractivity contribution in [1.82, 2.24) is 4.98 Å². The number of rotatable bonds is 0. The van der Waals surface area contributed by atoms with Gasteiger partial charge >= 0.3 is 0 Å². The molecule has 0 saturated heterocycles. The van der Waals surface area contributed by atoms with Crippen LogP contribution < -0.4 is 9.64 Å². The molecule has 2 aliphatic rings. The SMILES string of the molecule is CN1c2ccccc2C(C)(C)[C@]12C=Nc1c(ccc3ccncc13)O2. The topological polar surface area (TPSA) is 37.7 Å². The smallest absolute Gasteiger partial charge is 0.228 e. The van der Waals surface area contributed by atoms with E-state index in [4.69, 9.17) is 9.73 Å². The van der Waals surface area contributed by atoms with E-state index in [2.05, 4.69) is 61.1 Å². The Labute approximate surface area is 146 Å². The van der Waals surface area contributed by atoms with Crippen LogP contribution >= 0.6 is 0 Å². The number of ether oxygens (including phenoxy) is 1. The summed E-state index contributed by atoms with van der Waals surface area (Å²) in [6.45, 7) is 4.43. The number of aliphatic imine (C=N–C) groups is 1. The highest BCUT2D eigenvalue weighted by molar-refractivity contribution is 5.99. The van der Waals surface area contributed by atoms with E-state index in [1.165, 1.54) is 11.3 Å². The van der Waals surface area contributed by atoms with Gasteiger partial charge in [0.25, 0.3) is 0 Å². The van der Waals surface area contributed by atoms with Gasteiger partial charge in [-0.1, -0.05) is 24.3 Å². The van der Waals surface area contributed by atoms with Crippen LogP contribution in [-0.2, 0) is 5.41 Å². The summed E-state index contributed by atoms with van der Waals surface area (Å²) in [7, 11) is 2.08. The summed E-state index contributed by atoms with van der Waals surface area (Å²) in [5, 5.41) is 2.13. The molecule has 0 saturated carbocycles. The second kappa shape index (κ2) is 4.60. The van der Waals surface area contributed by atoms with Gasteiger partial charge in [0.05, 0.1) is 11.6 Å². The number of nitrogens with zero attached hydrogens (tertiary/aromatic N) is 3. The Hall–Kier alpha value is -2.88. The Morgan fingerprint density at radius 1 is 1.04 bits per heavy atom. The van der Waals surface area contributed by atoms with Gasteiger partial charge in [0, 0.05) is 30.5 Å². The first-order chi connectivity index (χ1) is 12.0. The molecule has 0 N–H and O–H groups in total. The number of aromatic nitrogens is 1. The van der Waals surface area contributed by atoms with Gasteiger partial charge in [0.2, 0.25) is 5.72 Å². The molecule has 0 aliphatic carbocycles. The van der Waals surface area contributed by atoms with Crippen LogP contribution in [0.15, 0.2) is 59.9 Å². The lowest BCUT2D eigenvalue weighted by Crippen LogP contribution is -2.61. The van der Waals surface area contributed by atoms with Gasteiger partial charge < -0.3 is 9.64 Å². The van der Waals surface area contributed by atoms with Crippen LogP contribution in [0.1, 0.15) is 19.4 Å². The Morgan fingerprint density at radius 2 is 1.88 bits per heavy atom. The lowest BCUT2D eigenvalue weighted by Gasteiger charge is -2.44. The molecule has 1 spiro atoms.